The first-order chi connectivity index (χ1) is 8.33. The lowest BCUT2D eigenvalue weighted by molar-refractivity contribution is 0.149. The van der Waals surface area contributed by atoms with Crippen LogP contribution in [-0.4, -0.2) is 30.6 Å². The highest BCUT2D eigenvalue weighted by Gasteiger charge is 2.39. The van der Waals surface area contributed by atoms with Crippen LogP contribution in [0, 0.1) is 11.8 Å². The SMILES string of the molecule is NC1C2CCC1CN(CCc1ccccc1)C2. The molecule has 1 aliphatic carbocycles. The molecule has 0 radical (unpaired) electrons. The molecule has 2 aliphatic rings. The van der Waals surface area contributed by atoms with Gasteiger partial charge in [0, 0.05) is 25.7 Å². The molecule has 0 aromatic heterocycles. The zero-order valence-corrected chi connectivity index (χ0v) is 10.4. The average Bonchev–Trinajstić information content (AvgIpc) is 2.61. The summed E-state index contributed by atoms with van der Waals surface area (Å²) in [7, 11) is 0. The average molecular weight is 230 g/mol. The summed E-state index contributed by atoms with van der Waals surface area (Å²) >= 11 is 0. The Morgan fingerprint density at radius 3 is 2.35 bits per heavy atom. The third kappa shape index (κ3) is 2.38. The maximum atomic E-state index is 6.23. The molecule has 0 spiro atoms. The predicted molar refractivity (Wildman–Crippen MR) is 70.8 cm³/mol. The quantitative estimate of drug-likeness (QED) is 0.859. The van der Waals surface area contributed by atoms with Crippen molar-refractivity contribution in [3.05, 3.63) is 35.9 Å². The molecule has 2 fully saturated rings. The highest BCUT2D eigenvalue weighted by molar-refractivity contribution is 5.15. The summed E-state index contributed by atoms with van der Waals surface area (Å²) in [5.41, 5.74) is 7.68. The molecule has 1 heterocycles. The summed E-state index contributed by atoms with van der Waals surface area (Å²) < 4.78 is 0. The minimum absolute atomic E-state index is 0.489. The largest absolute Gasteiger partial charge is 0.327 e. The second-order valence-corrected chi connectivity index (χ2v) is 5.67. The summed E-state index contributed by atoms with van der Waals surface area (Å²) in [4.78, 5) is 2.62. The molecule has 2 atom stereocenters. The van der Waals surface area contributed by atoms with Gasteiger partial charge in [0.05, 0.1) is 0 Å². The predicted octanol–water partition coefficient (Wildman–Crippen LogP) is 1.90. The second-order valence-electron chi connectivity index (χ2n) is 5.67. The number of fused-ring (bicyclic) bond motifs is 2. The van der Waals surface area contributed by atoms with Crippen LogP contribution in [-0.2, 0) is 6.42 Å². The van der Waals surface area contributed by atoms with E-state index >= 15 is 0 Å². The van der Waals surface area contributed by atoms with Gasteiger partial charge in [0.1, 0.15) is 0 Å². The topological polar surface area (TPSA) is 29.3 Å². The van der Waals surface area contributed by atoms with Crippen LogP contribution in [0.1, 0.15) is 18.4 Å². The lowest BCUT2D eigenvalue weighted by Gasteiger charge is -2.36. The van der Waals surface area contributed by atoms with Crippen molar-refractivity contribution in [2.24, 2.45) is 17.6 Å². The van der Waals surface area contributed by atoms with E-state index in [2.05, 4.69) is 35.2 Å². The number of hydrogen-bond acceptors (Lipinski definition) is 2. The van der Waals surface area contributed by atoms with E-state index in [1.165, 1.54) is 44.5 Å². The molecule has 1 saturated heterocycles. The standard InChI is InChI=1S/C15H22N2/c16-15-13-6-7-14(15)11-17(10-13)9-8-12-4-2-1-3-5-12/h1-5,13-15H,6-11,16H2. The van der Waals surface area contributed by atoms with Crippen LogP contribution in [0.25, 0.3) is 0 Å². The number of hydrogen-bond donors (Lipinski definition) is 1. The van der Waals surface area contributed by atoms with Crippen LogP contribution < -0.4 is 5.73 Å². The van der Waals surface area contributed by atoms with E-state index in [0.717, 1.165) is 11.8 Å². The first-order valence-electron chi connectivity index (χ1n) is 6.85. The lowest BCUT2D eigenvalue weighted by atomic mass is 9.93. The summed E-state index contributed by atoms with van der Waals surface area (Å²) in [5.74, 6) is 1.54. The van der Waals surface area contributed by atoms with Gasteiger partial charge in [0.15, 0.2) is 0 Å². The van der Waals surface area contributed by atoms with Gasteiger partial charge in [0.2, 0.25) is 0 Å². The lowest BCUT2D eigenvalue weighted by Crippen LogP contribution is -2.49. The van der Waals surface area contributed by atoms with Crippen molar-refractivity contribution < 1.29 is 0 Å². The van der Waals surface area contributed by atoms with Crippen molar-refractivity contribution in [1.82, 2.24) is 4.90 Å². The van der Waals surface area contributed by atoms with Crippen molar-refractivity contribution in [3.8, 4) is 0 Å². The van der Waals surface area contributed by atoms with Crippen LogP contribution in [0.15, 0.2) is 30.3 Å². The van der Waals surface area contributed by atoms with Crippen molar-refractivity contribution in [3.63, 3.8) is 0 Å². The molecule has 2 heteroatoms. The summed E-state index contributed by atoms with van der Waals surface area (Å²) in [5, 5.41) is 0. The number of piperidine rings is 1. The van der Waals surface area contributed by atoms with Gasteiger partial charge in [-0.2, -0.15) is 0 Å². The molecule has 1 aromatic rings. The third-order valence-corrected chi connectivity index (χ3v) is 4.54. The first-order valence-corrected chi connectivity index (χ1v) is 6.85. The van der Waals surface area contributed by atoms with E-state index in [-0.39, 0.29) is 0 Å². The molecule has 17 heavy (non-hydrogen) atoms. The van der Waals surface area contributed by atoms with Crippen LogP contribution >= 0.6 is 0 Å². The van der Waals surface area contributed by atoms with Crippen molar-refractivity contribution in [2.75, 3.05) is 19.6 Å². The number of benzene rings is 1. The monoisotopic (exact) mass is 230 g/mol. The third-order valence-electron chi connectivity index (χ3n) is 4.54. The van der Waals surface area contributed by atoms with Crippen LogP contribution in [0.2, 0.25) is 0 Å². The Morgan fingerprint density at radius 1 is 1.06 bits per heavy atom. The Hall–Kier alpha value is -0.860. The van der Waals surface area contributed by atoms with E-state index in [1.54, 1.807) is 0 Å². The number of nitrogens with two attached hydrogens (primary N) is 1. The van der Waals surface area contributed by atoms with Crippen molar-refractivity contribution in [1.29, 1.82) is 0 Å². The molecule has 2 unspecified atom stereocenters. The van der Waals surface area contributed by atoms with E-state index < -0.39 is 0 Å². The van der Waals surface area contributed by atoms with Crippen molar-refractivity contribution in [2.45, 2.75) is 25.3 Å². The van der Waals surface area contributed by atoms with E-state index in [0.29, 0.717) is 6.04 Å². The molecule has 92 valence electrons. The van der Waals surface area contributed by atoms with Gasteiger partial charge in [-0.1, -0.05) is 30.3 Å². The van der Waals surface area contributed by atoms with Crippen LogP contribution in [0.5, 0.6) is 0 Å². The smallest absolute Gasteiger partial charge is 0.0120 e. The van der Waals surface area contributed by atoms with E-state index in [4.69, 9.17) is 5.73 Å². The van der Waals surface area contributed by atoms with E-state index in [9.17, 15) is 0 Å². The zero-order valence-electron chi connectivity index (χ0n) is 10.4. The Bertz CT molecular complexity index is 348. The minimum Gasteiger partial charge on any atom is -0.327 e. The first kappa shape index (κ1) is 11.2. The van der Waals surface area contributed by atoms with E-state index in [1.807, 2.05) is 0 Å². The van der Waals surface area contributed by atoms with Crippen LogP contribution in [0.3, 0.4) is 0 Å². The number of nitrogens with zero attached hydrogens (tertiary/aromatic N) is 1. The second kappa shape index (κ2) is 4.79. The fourth-order valence-corrected chi connectivity index (χ4v) is 3.48. The van der Waals surface area contributed by atoms with Crippen molar-refractivity contribution >= 4 is 0 Å². The Balaban J connectivity index is 1.54. The molecule has 0 amide bonds. The van der Waals surface area contributed by atoms with Gasteiger partial charge < -0.3 is 10.6 Å². The van der Waals surface area contributed by atoms with Crippen LogP contribution in [0.4, 0.5) is 0 Å². The molecule has 1 saturated carbocycles. The van der Waals surface area contributed by atoms with Gasteiger partial charge in [-0.25, -0.2) is 0 Å². The van der Waals surface area contributed by atoms with Gasteiger partial charge >= 0.3 is 0 Å². The molecule has 3 rings (SSSR count). The molecule has 2 nitrogen and oxygen atoms in total. The molecule has 2 bridgehead atoms. The number of rotatable bonds is 3. The maximum absolute atomic E-state index is 6.23. The van der Waals surface area contributed by atoms with Gasteiger partial charge in [-0.05, 0) is 36.7 Å². The Labute approximate surface area is 104 Å². The highest BCUT2D eigenvalue weighted by atomic mass is 15.1. The zero-order chi connectivity index (χ0) is 11.7. The van der Waals surface area contributed by atoms with Gasteiger partial charge in [-0.15, -0.1) is 0 Å². The molecule has 2 N–H and O–H groups in total. The van der Waals surface area contributed by atoms with Gasteiger partial charge in [0.25, 0.3) is 0 Å². The Kier molecular flexibility index (Phi) is 3.17. The normalized spacial score (nSPS) is 32.9. The molecule has 1 aliphatic heterocycles. The fourth-order valence-electron chi connectivity index (χ4n) is 3.48. The molecular weight excluding hydrogens is 208 g/mol. The highest BCUT2D eigenvalue weighted by Crippen LogP contribution is 2.35. The van der Waals surface area contributed by atoms with Gasteiger partial charge in [-0.3, -0.25) is 0 Å². The maximum Gasteiger partial charge on any atom is 0.0120 e. The summed E-state index contributed by atoms with van der Waals surface area (Å²) in [6, 6.07) is 11.3. The number of likely N-dealkylation sites (tertiary alicyclic amines) is 1. The molecular formula is C15H22N2. The minimum atomic E-state index is 0.489. The fraction of sp³-hybridized carbons (Fsp3) is 0.600. The summed E-state index contributed by atoms with van der Waals surface area (Å²) in [6.45, 7) is 3.65. The molecule has 1 aromatic carbocycles. The Morgan fingerprint density at radius 2 is 1.71 bits per heavy atom. The summed E-state index contributed by atoms with van der Waals surface area (Å²) in [6.07, 6.45) is 3.89.